The Hall–Kier alpha value is -2.82. The molecule has 3 amide bonds. The number of hydrogen-bond donors (Lipinski definition) is 2. The lowest BCUT2D eigenvalue weighted by atomic mass is 9.93. The Balaban J connectivity index is 1.35. The van der Waals surface area contributed by atoms with E-state index < -0.39 is 0 Å². The van der Waals surface area contributed by atoms with Gasteiger partial charge in [-0.05, 0) is 54.7 Å². The van der Waals surface area contributed by atoms with Gasteiger partial charge in [-0.1, -0.05) is 24.3 Å². The molecular formula is C20H21N3O2. The van der Waals surface area contributed by atoms with Crippen LogP contribution in [0.1, 0.15) is 40.7 Å². The number of nitrogens with one attached hydrogen (secondary N) is 2. The lowest BCUT2D eigenvalue weighted by Gasteiger charge is -2.26. The number of anilines is 1. The molecule has 25 heavy (non-hydrogen) atoms. The van der Waals surface area contributed by atoms with Crippen molar-refractivity contribution in [3.8, 4) is 0 Å². The van der Waals surface area contributed by atoms with Crippen LogP contribution in [0, 0.1) is 0 Å². The van der Waals surface area contributed by atoms with Crippen LogP contribution in [0.25, 0.3) is 0 Å². The fourth-order valence-electron chi connectivity index (χ4n) is 3.21. The molecule has 128 valence electrons. The maximum Gasteiger partial charge on any atom is 0.322 e. The number of urea groups is 1. The van der Waals surface area contributed by atoms with Crippen molar-refractivity contribution in [3.05, 3.63) is 65.2 Å². The normalized spacial score (nSPS) is 16.1. The van der Waals surface area contributed by atoms with Gasteiger partial charge in [0, 0.05) is 30.4 Å². The molecule has 1 heterocycles. The van der Waals surface area contributed by atoms with E-state index in [1.807, 2.05) is 12.1 Å². The van der Waals surface area contributed by atoms with E-state index in [1.54, 1.807) is 29.2 Å². The molecule has 2 aromatic rings. The van der Waals surface area contributed by atoms with E-state index in [4.69, 9.17) is 0 Å². The summed E-state index contributed by atoms with van der Waals surface area (Å²) >= 11 is 0. The van der Waals surface area contributed by atoms with E-state index in [-0.39, 0.29) is 11.9 Å². The second kappa shape index (κ2) is 6.59. The van der Waals surface area contributed by atoms with Gasteiger partial charge in [0.15, 0.2) is 0 Å². The van der Waals surface area contributed by atoms with E-state index >= 15 is 0 Å². The molecule has 0 spiro atoms. The van der Waals surface area contributed by atoms with Crippen molar-refractivity contribution < 1.29 is 9.59 Å². The van der Waals surface area contributed by atoms with Crippen molar-refractivity contribution in [2.45, 2.75) is 38.4 Å². The second-order valence-corrected chi connectivity index (χ2v) is 6.73. The zero-order valence-electron chi connectivity index (χ0n) is 14.0. The van der Waals surface area contributed by atoms with Crippen molar-refractivity contribution in [1.29, 1.82) is 0 Å². The summed E-state index contributed by atoms with van der Waals surface area (Å²) in [6, 6.07) is 15.3. The van der Waals surface area contributed by atoms with Crippen molar-refractivity contribution >= 4 is 17.6 Å². The van der Waals surface area contributed by atoms with Gasteiger partial charge < -0.3 is 15.5 Å². The molecule has 5 nitrogen and oxygen atoms in total. The largest absolute Gasteiger partial charge is 0.349 e. The maximum atomic E-state index is 12.4. The molecule has 1 saturated carbocycles. The smallest absolute Gasteiger partial charge is 0.322 e. The van der Waals surface area contributed by atoms with Crippen molar-refractivity contribution in [3.63, 3.8) is 0 Å². The Morgan fingerprint density at radius 2 is 1.56 bits per heavy atom. The predicted molar refractivity (Wildman–Crippen MR) is 96.3 cm³/mol. The third-order valence-corrected chi connectivity index (χ3v) is 4.97. The average Bonchev–Trinajstić information content (AvgIpc) is 3.03. The number of hydrogen-bond acceptors (Lipinski definition) is 2. The molecule has 1 aliphatic carbocycles. The topological polar surface area (TPSA) is 61.4 Å². The molecule has 2 aromatic carbocycles. The highest BCUT2D eigenvalue weighted by atomic mass is 16.2. The molecule has 1 aliphatic heterocycles. The summed E-state index contributed by atoms with van der Waals surface area (Å²) in [5.41, 5.74) is 3.71. The van der Waals surface area contributed by atoms with Gasteiger partial charge in [0.2, 0.25) is 0 Å². The predicted octanol–water partition coefficient (Wildman–Crippen LogP) is 3.52. The lowest BCUT2D eigenvalue weighted by Crippen LogP contribution is -2.39. The van der Waals surface area contributed by atoms with E-state index in [9.17, 15) is 9.59 Å². The van der Waals surface area contributed by atoms with Crippen LogP contribution < -0.4 is 10.6 Å². The van der Waals surface area contributed by atoms with Crippen LogP contribution in [0.15, 0.2) is 48.5 Å². The SMILES string of the molecule is O=C(NC1CCC1)c1ccc(NC(=O)N2Cc3ccccc3C2)cc1. The number of benzene rings is 2. The van der Waals surface area contributed by atoms with Gasteiger partial charge in [-0.25, -0.2) is 4.79 Å². The Kier molecular flexibility index (Phi) is 4.14. The van der Waals surface area contributed by atoms with Crippen LogP contribution >= 0.6 is 0 Å². The zero-order valence-corrected chi connectivity index (χ0v) is 14.0. The zero-order chi connectivity index (χ0) is 17.2. The summed E-state index contributed by atoms with van der Waals surface area (Å²) in [5.74, 6) is -0.0439. The first-order chi connectivity index (χ1) is 12.2. The first kappa shape index (κ1) is 15.7. The number of carbonyl (C=O) groups excluding carboxylic acids is 2. The summed E-state index contributed by atoms with van der Waals surface area (Å²) < 4.78 is 0. The summed E-state index contributed by atoms with van der Waals surface area (Å²) in [5, 5.41) is 5.92. The van der Waals surface area contributed by atoms with Gasteiger partial charge in [0.25, 0.3) is 5.91 Å². The molecule has 5 heteroatoms. The molecule has 0 bridgehead atoms. The molecular weight excluding hydrogens is 314 g/mol. The minimum absolute atomic E-state index is 0.0439. The molecule has 0 unspecified atom stereocenters. The van der Waals surface area contributed by atoms with E-state index in [0.717, 1.165) is 12.8 Å². The molecule has 1 fully saturated rings. The fraction of sp³-hybridized carbons (Fsp3) is 0.300. The van der Waals surface area contributed by atoms with E-state index in [0.29, 0.717) is 30.4 Å². The third kappa shape index (κ3) is 3.36. The van der Waals surface area contributed by atoms with Gasteiger partial charge in [-0.3, -0.25) is 4.79 Å². The van der Waals surface area contributed by atoms with Crippen LogP contribution in [-0.2, 0) is 13.1 Å². The van der Waals surface area contributed by atoms with Crippen molar-refractivity contribution in [2.24, 2.45) is 0 Å². The summed E-state index contributed by atoms with van der Waals surface area (Å²) in [6.45, 7) is 1.26. The molecule has 0 saturated heterocycles. The quantitative estimate of drug-likeness (QED) is 0.901. The molecule has 0 radical (unpaired) electrons. The van der Waals surface area contributed by atoms with E-state index in [1.165, 1.54) is 17.5 Å². The van der Waals surface area contributed by atoms with E-state index in [2.05, 4.69) is 22.8 Å². The molecule has 2 N–H and O–H groups in total. The van der Waals surface area contributed by atoms with Gasteiger partial charge in [-0.2, -0.15) is 0 Å². The van der Waals surface area contributed by atoms with Gasteiger partial charge in [-0.15, -0.1) is 0 Å². The lowest BCUT2D eigenvalue weighted by molar-refractivity contribution is 0.0917. The van der Waals surface area contributed by atoms with Crippen LogP contribution in [-0.4, -0.2) is 22.9 Å². The van der Waals surface area contributed by atoms with Crippen LogP contribution in [0.3, 0.4) is 0 Å². The first-order valence-electron chi connectivity index (χ1n) is 8.73. The van der Waals surface area contributed by atoms with Crippen molar-refractivity contribution in [2.75, 3.05) is 5.32 Å². The van der Waals surface area contributed by atoms with Crippen LogP contribution in [0.5, 0.6) is 0 Å². The molecule has 2 aliphatic rings. The number of nitrogens with zero attached hydrogens (tertiary/aromatic N) is 1. The highest BCUT2D eigenvalue weighted by Crippen LogP contribution is 2.23. The number of amides is 3. The average molecular weight is 335 g/mol. The molecule has 0 aromatic heterocycles. The van der Waals surface area contributed by atoms with Crippen LogP contribution in [0.4, 0.5) is 10.5 Å². The Labute approximate surface area is 147 Å². The number of carbonyl (C=O) groups is 2. The molecule has 0 atom stereocenters. The maximum absolute atomic E-state index is 12.4. The summed E-state index contributed by atoms with van der Waals surface area (Å²) in [6.07, 6.45) is 3.33. The fourth-order valence-corrected chi connectivity index (χ4v) is 3.21. The number of rotatable bonds is 3. The summed E-state index contributed by atoms with van der Waals surface area (Å²) in [7, 11) is 0. The number of fused-ring (bicyclic) bond motifs is 1. The van der Waals surface area contributed by atoms with Crippen LogP contribution in [0.2, 0.25) is 0 Å². The van der Waals surface area contributed by atoms with Gasteiger partial charge >= 0.3 is 6.03 Å². The minimum atomic E-state index is -0.122. The second-order valence-electron chi connectivity index (χ2n) is 6.73. The Bertz CT molecular complexity index is 772. The Morgan fingerprint density at radius 3 is 2.12 bits per heavy atom. The summed E-state index contributed by atoms with van der Waals surface area (Å²) in [4.78, 5) is 26.3. The van der Waals surface area contributed by atoms with Gasteiger partial charge in [0.05, 0.1) is 0 Å². The highest BCUT2D eigenvalue weighted by Gasteiger charge is 2.23. The van der Waals surface area contributed by atoms with Crippen molar-refractivity contribution in [1.82, 2.24) is 10.2 Å². The van der Waals surface area contributed by atoms with Gasteiger partial charge in [0.1, 0.15) is 0 Å². The Morgan fingerprint density at radius 1 is 0.920 bits per heavy atom. The monoisotopic (exact) mass is 335 g/mol. The highest BCUT2D eigenvalue weighted by molar-refractivity contribution is 5.95. The minimum Gasteiger partial charge on any atom is -0.349 e. The third-order valence-electron chi connectivity index (χ3n) is 4.97. The first-order valence-corrected chi connectivity index (χ1v) is 8.73. The standard InChI is InChI=1S/C20H21N3O2/c24-19(21-17-6-3-7-17)14-8-10-18(11-9-14)22-20(25)23-12-15-4-1-2-5-16(15)13-23/h1-2,4-5,8-11,17H,3,6-7,12-13H2,(H,21,24)(H,22,25). The molecule has 4 rings (SSSR count).